The Kier molecular flexibility index (Phi) is 4.90. The number of rotatable bonds is 6. The zero-order valence-electron chi connectivity index (χ0n) is 10.9. The summed E-state index contributed by atoms with van der Waals surface area (Å²) >= 11 is 0. The van der Waals surface area contributed by atoms with Crippen molar-refractivity contribution in [2.75, 3.05) is 26.2 Å². The van der Waals surface area contributed by atoms with Crippen molar-refractivity contribution in [1.29, 1.82) is 0 Å². The Labute approximate surface area is 109 Å². The van der Waals surface area contributed by atoms with Gasteiger partial charge >= 0.3 is 0 Å². The number of ketones is 1. The molecule has 0 amide bonds. The van der Waals surface area contributed by atoms with Crippen LogP contribution in [-0.4, -0.2) is 36.9 Å². The molecule has 0 spiro atoms. The molecule has 1 aromatic rings. The molecule has 3 heteroatoms. The number of carbonyl (C=O) groups excluding carboxylic acids is 1. The highest BCUT2D eigenvalue weighted by Gasteiger charge is 2.11. The van der Waals surface area contributed by atoms with E-state index >= 15 is 0 Å². The van der Waals surface area contributed by atoms with E-state index in [-0.39, 0.29) is 5.78 Å². The van der Waals surface area contributed by atoms with E-state index in [2.05, 4.69) is 17.0 Å². The van der Waals surface area contributed by atoms with Gasteiger partial charge in [-0.05, 0) is 44.5 Å². The summed E-state index contributed by atoms with van der Waals surface area (Å²) in [6.07, 6.45) is 4.19. The second-order valence-electron chi connectivity index (χ2n) is 4.96. The molecule has 0 atom stereocenters. The zero-order chi connectivity index (χ0) is 12.8. The molecule has 2 N–H and O–H groups in total. The van der Waals surface area contributed by atoms with Crippen LogP contribution in [0.5, 0.6) is 0 Å². The Hall–Kier alpha value is -1.19. The molecule has 0 aromatic heterocycles. The molecule has 1 heterocycles. The summed E-state index contributed by atoms with van der Waals surface area (Å²) in [6, 6.07) is 7.99. The Morgan fingerprint density at radius 2 is 1.83 bits per heavy atom. The van der Waals surface area contributed by atoms with Crippen molar-refractivity contribution < 1.29 is 4.79 Å². The second kappa shape index (κ2) is 6.66. The lowest BCUT2D eigenvalue weighted by molar-refractivity contribution is 0.0985. The van der Waals surface area contributed by atoms with Crippen LogP contribution in [0.15, 0.2) is 24.3 Å². The van der Waals surface area contributed by atoms with Gasteiger partial charge in [-0.2, -0.15) is 0 Å². The van der Waals surface area contributed by atoms with Gasteiger partial charge in [0.05, 0.1) is 0 Å². The number of nitrogens with zero attached hydrogens (tertiary/aromatic N) is 1. The number of hydrogen-bond acceptors (Lipinski definition) is 3. The maximum Gasteiger partial charge on any atom is 0.164 e. The molecule has 1 aromatic carbocycles. The monoisotopic (exact) mass is 246 g/mol. The van der Waals surface area contributed by atoms with Gasteiger partial charge in [-0.1, -0.05) is 24.3 Å². The largest absolute Gasteiger partial charge is 0.330 e. The van der Waals surface area contributed by atoms with E-state index in [1.807, 2.05) is 12.1 Å². The van der Waals surface area contributed by atoms with Crippen LogP contribution in [0.4, 0.5) is 0 Å². The van der Waals surface area contributed by atoms with E-state index in [0.717, 1.165) is 18.5 Å². The predicted molar refractivity (Wildman–Crippen MR) is 73.8 cm³/mol. The van der Waals surface area contributed by atoms with Crippen molar-refractivity contribution in [3.8, 4) is 0 Å². The fraction of sp³-hybridized carbons (Fsp3) is 0.533. The molecule has 98 valence electrons. The summed E-state index contributed by atoms with van der Waals surface area (Å²) in [6.45, 7) is 4.05. The molecule has 1 aliphatic heterocycles. The summed E-state index contributed by atoms with van der Waals surface area (Å²) < 4.78 is 0. The fourth-order valence-electron chi connectivity index (χ4n) is 2.43. The number of carbonyl (C=O) groups is 1. The smallest absolute Gasteiger partial charge is 0.164 e. The lowest BCUT2D eigenvalue weighted by atomic mass is 10.0. The van der Waals surface area contributed by atoms with E-state index in [9.17, 15) is 4.79 Å². The average Bonchev–Trinajstić information content (AvgIpc) is 2.90. The molecule has 0 radical (unpaired) electrons. The Balaban J connectivity index is 1.85. The molecule has 0 saturated carbocycles. The van der Waals surface area contributed by atoms with Crippen molar-refractivity contribution in [2.45, 2.75) is 25.7 Å². The van der Waals surface area contributed by atoms with E-state index in [1.165, 1.54) is 31.5 Å². The van der Waals surface area contributed by atoms with E-state index in [0.29, 0.717) is 13.0 Å². The van der Waals surface area contributed by atoms with Crippen LogP contribution in [0.3, 0.4) is 0 Å². The first-order valence-corrected chi connectivity index (χ1v) is 6.84. The first-order valence-electron chi connectivity index (χ1n) is 6.84. The fourth-order valence-corrected chi connectivity index (χ4v) is 2.43. The highest BCUT2D eigenvalue weighted by molar-refractivity contribution is 5.96. The third-order valence-electron chi connectivity index (χ3n) is 3.56. The lowest BCUT2D eigenvalue weighted by Crippen LogP contribution is -2.21. The molecule has 1 fully saturated rings. The summed E-state index contributed by atoms with van der Waals surface area (Å²) in [5.41, 5.74) is 7.48. The average molecular weight is 246 g/mol. The van der Waals surface area contributed by atoms with Gasteiger partial charge in [0.1, 0.15) is 0 Å². The zero-order valence-corrected chi connectivity index (χ0v) is 10.9. The van der Waals surface area contributed by atoms with Crippen LogP contribution >= 0.6 is 0 Å². The minimum absolute atomic E-state index is 0.142. The van der Waals surface area contributed by atoms with Gasteiger partial charge in [0.15, 0.2) is 5.78 Å². The SMILES string of the molecule is NCCC(=O)c1ccc(CCN2CCCC2)cc1. The second-order valence-corrected chi connectivity index (χ2v) is 4.96. The van der Waals surface area contributed by atoms with Crippen molar-refractivity contribution in [3.63, 3.8) is 0 Å². The van der Waals surface area contributed by atoms with E-state index in [4.69, 9.17) is 5.73 Å². The highest BCUT2D eigenvalue weighted by atomic mass is 16.1. The van der Waals surface area contributed by atoms with Gasteiger partial charge in [-0.15, -0.1) is 0 Å². The van der Waals surface area contributed by atoms with Crippen molar-refractivity contribution in [3.05, 3.63) is 35.4 Å². The van der Waals surface area contributed by atoms with Crippen molar-refractivity contribution >= 4 is 5.78 Å². The summed E-state index contributed by atoms with van der Waals surface area (Å²) in [5, 5.41) is 0. The van der Waals surface area contributed by atoms with Gasteiger partial charge in [-0.3, -0.25) is 4.79 Å². The molecular formula is C15H22N2O. The van der Waals surface area contributed by atoms with Crippen LogP contribution in [-0.2, 0) is 6.42 Å². The van der Waals surface area contributed by atoms with E-state index in [1.54, 1.807) is 0 Å². The van der Waals surface area contributed by atoms with Crippen molar-refractivity contribution in [1.82, 2.24) is 4.90 Å². The number of benzene rings is 1. The summed E-state index contributed by atoms with van der Waals surface area (Å²) in [7, 11) is 0. The summed E-state index contributed by atoms with van der Waals surface area (Å²) in [5.74, 6) is 0.142. The van der Waals surface area contributed by atoms with Gasteiger partial charge in [0.25, 0.3) is 0 Å². The predicted octanol–water partition coefficient (Wildman–Crippen LogP) is 1.86. The molecule has 18 heavy (non-hydrogen) atoms. The van der Waals surface area contributed by atoms with Gasteiger partial charge in [0.2, 0.25) is 0 Å². The molecule has 1 aliphatic rings. The minimum Gasteiger partial charge on any atom is -0.330 e. The Bertz CT molecular complexity index is 380. The van der Waals surface area contributed by atoms with Crippen molar-refractivity contribution in [2.24, 2.45) is 5.73 Å². The number of nitrogens with two attached hydrogens (primary N) is 1. The van der Waals surface area contributed by atoms with Crippen LogP contribution in [0, 0.1) is 0 Å². The number of Topliss-reactive ketones (excluding diaryl/α,β-unsaturated/α-hetero) is 1. The quantitative estimate of drug-likeness (QED) is 0.779. The summed E-state index contributed by atoms with van der Waals surface area (Å²) in [4.78, 5) is 14.1. The maximum absolute atomic E-state index is 11.6. The third-order valence-corrected chi connectivity index (χ3v) is 3.56. The van der Waals surface area contributed by atoms with Gasteiger partial charge in [0, 0.05) is 18.5 Å². The molecule has 0 aliphatic carbocycles. The minimum atomic E-state index is 0.142. The third kappa shape index (κ3) is 3.65. The number of hydrogen-bond donors (Lipinski definition) is 1. The maximum atomic E-state index is 11.6. The highest BCUT2D eigenvalue weighted by Crippen LogP contribution is 2.11. The molecule has 0 unspecified atom stereocenters. The van der Waals surface area contributed by atoms with E-state index < -0.39 is 0 Å². The molecule has 3 nitrogen and oxygen atoms in total. The molecule has 2 rings (SSSR count). The topological polar surface area (TPSA) is 46.3 Å². The first kappa shape index (κ1) is 13.2. The standard InChI is InChI=1S/C15H22N2O/c16-9-7-15(18)14-5-3-13(4-6-14)8-12-17-10-1-2-11-17/h3-6H,1-2,7-12,16H2. The normalized spacial score (nSPS) is 16.1. The Morgan fingerprint density at radius 3 is 2.44 bits per heavy atom. The molecule has 1 saturated heterocycles. The number of likely N-dealkylation sites (tertiary alicyclic amines) is 1. The molecule has 0 bridgehead atoms. The van der Waals surface area contributed by atoms with Gasteiger partial charge in [-0.25, -0.2) is 0 Å². The molecular weight excluding hydrogens is 224 g/mol. The van der Waals surface area contributed by atoms with Crippen LogP contribution in [0.25, 0.3) is 0 Å². The van der Waals surface area contributed by atoms with Crippen LogP contribution < -0.4 is 5.73 Å². The lowest BCUT2D eigenvalue weighted by Gasteiger charge is -2.14. The van der Waals surface area contributed by atoms with Crippen LogP contribution in [0.2, 0.25) is 0 Å². The Morgan fingerprint density at radius 1 is 1.17 bits per heavy atom. The van der Waals surface area contributed by atoms with Gasteiger partial charge < -0.3 is 10.6 Å². The first-order chi connectivity index (χ1) is 8.79. The van der Waals surface area contributed by atoms with Crippen LogP contribution in [0.1, 0.15) is 35.2 Å².